The second-order valence-corrected chi connectivity index (χ2v) is 19.4. The topological polar surface area (TPSA) is 12.5 Å². The first-order valence-corrected chi connectivity index (χ1v) is 25.0. The van der Waals surface area contributed by atoms with E-state index in [0.29, 0.717) is 0 Å². The molecular weight excluding hydrogens is 871 g/mol. The van der Waals surface area contributed by atoms with Crippen LogP contribution in [0.1, 0.15) is 44.5 Å². The summed E-state index contributed by atoms with van der Waals surface area (Å²) in [7, 11) is 0. The molecule has 1 heterocycles. The molecule has 12 aromatic carbocycles. The van der Waals surface area contributed by atoms with Crippen LogP contribution in [-0.4, -0.2) is 0 Å². The normalized spacial score (nSPS) is 13.9. The molecule has 0 unspecified atom stereocenters. The highest BCUT2D eigenvalue weighted by Crippen LogP contribution is 2.65. The maximum atomic E-state index is 7.25. The molecule has 0 saturated carbocycles. The summed E-state index contributed by atoms with van der Waals surface area (Å²) >= 11 is 0. The van der Waals surface area contributed by atoms with Crippen LogP contribution in [0.5, 0.6) is 11.5 Å². The lowest BCUT2D eigenvalue weighted by molar-refractivity contribution is 0.447. The molecule has 2 nitrogen and oxygen atoms in total. The Morgan fingerprint density at radius 3 is 1.40 bits per heavy atom. The van der Waals surface area contributed by atoms with Gasteiger partial charge in [-0.05, 0) is 102 Å². The maximum absolute atomic E-state index is 7.25. The van der Waals surface area contributed by atoms with Gasteiger partial charge in [0.05, 0.1) is 16.5 Å². The quantitative estimate of drug-likeness (QED) is 0.165. The van der Waals surface area contributed by atoms with E-state index in [1.165, 1.54) is 72.3 Å². The van der Waals surface area contributed by atoms with Crippen molar-refractivity contribution in [3.63, 3.8) is 0 Å². The summed E-state index contributed by atoms with van der Waals surface area (Å²) in [6.45, 7) is 0. The molecule has 0 aromatic heterocycles. The highest BCUT2D eigenvalue weighted by Gasteiger charge is 2.53. The predicted molar refractivity (Wildman–Crippen MR) is 296 cm³/mol. The molecule has 2 aliphatic carbocycles. The molecule has 0 atom stereocenters. The van der Waals surface area contributed by atoms with E-state index in [9.17, 15) is 0 Å². The fourth-order valence-electron chi connectivity index (χ4n) is 13.2. The van der Waals surface area contributed by atoms with Gasteiger partial charge < -0.3 is 9.64 Å². The standard InChI is InChI=1S/C70H45NO/c1-4-22-49(23-5-1)69(50-24-6-2-7-25-50)59-34-16-14-30-56(59)57-33-19-37-64(66(57)69)71(51-26-8-3-9-27-51)52-42-38-48(39-43-52)53-32-18-36-61-65(53)58-31-15-17-35-60(58)70(61)62-44-40-46-20-10-12-28-54(46)67(62)72-68-55-29-13-11-21-47(55)41-45-63(68)70/h1-45H. The molecule has 0 saturated heterocycles. The number of para-hydroxylation sites is 1. The first kappa shape index (κ1) is 40.6. The summed E-state index contributed by atoms with van der Waals surface area (Å²) < 4.78 is 7.25. The van der Waals surface area contributed by atoms with E-state index in [-0.39, 0.29) is 0 Å². The van der Waals surface area contributed by atoms with E-state index >= 15 is 0 Å². The van der Waals surface area contributed by atoms with E-state index in [1.54, 1.807) is 0 Å². The fourth-order valence-corrected chi connectivity index (χ4v) is 13.2. The molecule has 3 aliphatic rings. The Labute approximate surface area is 419 Å². The van der Waals surface area contributed by atoms with Crippen molar-refractivity contribution in [2.75, 3.05) is 4.90 Å². The third-order valence-electron chi connectivity index (χ3n) is 16.0. The smallest absolute Gasteiger partial charge is 0.140 e. The Morgan fingerprint density at radius 1 is 0.292 bits per heavy atom. The van der Waals surface area contributed by atoms with E-state index in [4.69, 9.17) is 4.74 Å². The number of anilines is 3. The summed E-state index contributed by atoms with van der Waals surface area (Å²) in [6.07, 6.45) is 0. The van der Waals surface area contributed by atoms with Gasteiger partial charge in [0.2, 0.25) is 0 Å². The van der Waals surface area contributed by atoms with Crippen LogP contribution in [0, 0.1) is 0 Å². The minimum absolute atomic E-state index is 0.577. The molecule has 0 radical (unpaired) electrons. The lowest BCUT2D eigenvalue weighted by Crippen LogP contribution is -2.32. The zero-order chi connectivity index (χ0) is 47.4. The number of nitrogens with zero attached hydrogens (tertiary/aromatic N) is 1. The maximum Gasteiger partial charge on any atom is 0.140 e. The predicted octanol–water partition coefficient (Wildman–Crippen LogP) is 18.0. The van der Waals surface area contributed by atoms with Crippen LogP contribution >= 0.6 is 0 Å². The monoisotopic (exact) mass is 915 g/mol. The molecule has 336 valence electrons. The first-order valence-electron chi connectivity index (χ1n) is 25.0. The van der Waals surface area contributed by atoms with Crippen LogP contribution in [0.4, 0.5) is 17.1 Å². The van der Waals surface area contributed by atoms with Crippen LogP contribution < -0.4 is 9.64 Å². The van der Waals surface area contributed by atoms with Crippen LogP contribution in [-0.2, 0) is 10.8 Å². The van der Waals surface area contributed by atoms with Crippen molar-refractivity contribution in [1.82, 2.24) is 0 Å². The van der Waals surface area contributed by atoms with Crippen LogP contribution in [0.3, 0.4) is 0 Å². The number of ether oxygens (including phenoxy) is 1. The Balaban J connectivity index is 0.945. The summed E-state index contributed by atoms with van der Waals surface area (Å²) in [4.78, 5) is 2.47. The van der Waals surface area contributed by atoms with Gasteiger partial charge >= 0.3 is 0 Å². The largest absolute Gasteiger partial charge is 0.455 e. The first-order chi connectivity index (χ1) is 35.7. The van der Waals surface area contributed by atoms with Crippen molar-refractivity contribution in [2.45, 2.75) is 10.8 Å². The van der Waals surface area contributed by atoms with E-state index in [0.717, 1.165) is 55.7 Å². The zero-order valence-electron chi connectivity index (χ0n) is 39.3. The Kier molecular flexibility index (Phi) is 8.82. The number of rotatable bonds is 6. The van der Waals surface area contributed by atoms with Gasteiger partial charge in [-0.25, -0.2) is 0 Å². The summed E-state index contributed by atoms with van der Waals surface area (Å²) in [6, 6.07) is 101. The molecule has 0 N–H and O–H groups in total. The van der Waals surface area contributed by atoms with Gasteiger partial charge in [0.25, 0.3) is 0 Å². The average Bonchev–Trinajstić information content (AvgIpc) is 3.93. The summed E-state index contributed by atoms with van der Waals surface area (Å²) in [5.74, 6) is 1.85. The highest BCUT2D eigenvalue weighted by atomic mass is 16.5. The third kappa shape index (κ3) is 5.49. The number of benzene rings is 12. The van der Waals surface area contributed by atoms with Crippen LogP contribution in [0.25, 0.3) is 54.9 Å². The highest BCUT2D eigenvalue weighted by molar-refractivity contribution is 6.03. The molecule has 0 amide bonds. The molecule has 0 fully saturated rings. The van der Waals surface area contributed by atoms with E-state index in [1.807, 2.05) is 0 Å². The van der Waals surface area contributed by atoms with Crippen molar-refractivity contribution in [1.29, 1.82) is 0 Å². The number of fused-ring (bicyclic) bond motifs is 16. The molecule has 2 heteroatoms. The Morgan fingerprint density at radius 2 is 0.764 bits per heavy atom. The number of hydrogen-bond acceptors (Lipinski definition) is 2. The average molecular weight is 916 g/mol. The molecule has 1 spiro atoms. The van der Waals surface area contributed by atoms with Crippen molar-refractivity contribution in [2.24, 2.45) is 0 Å². The molecule has 0 bridgehead atoms. The second kappa shape index (κ2) is 15.6. The van der Waals surface area contributed by atoms with Gasteiger partial charge in [-0.15, -0.1) is 0 Å². The van der Waals surface area contributed by atoms with Gasteiger partial charge in [0, 0.05) is 38.8 Å². The minimum atomic E-state index is -0.627. The fraction of sp³-hybridized carbons (Fsp3) is 0.0286. The van der Waals surface area contributed by atoms with Crippen LogP contribution in [0.15, 0.2) is 273 Å². The van der Waals surface area contributed by atoms with Gasteiger partial charge in [0.1, 0.15) is 11.5 Å². The van der Waals surface area contributed by atoms with Crippen molar-refractivity contribution in [3.8, 4) is 44.9 Å². The molecular formula is C70H45NO. The zero-order valence-corrected chi connectivity index (χ0v) is 39.3. The molecule has 12 aromatic rings. The van der Waals surface area contributed by atoms with E-state index in [2.05, 4.69) is 278 Å². The van der Waals surface area contributed by atoms with Crippen molar-refractivity contribution < 1.29 is 4.74 Å². The van der Waals surface area contributed by atoms with Crippen LogP contribution in [0.2, 0.25) is 0 Å². The van der Waals surface area contributed by atoms with Gasteiger partial charge in [0.15, 0.2) is 0 Å². The number of hydrogen-bond donors (Lipinski definition) is 0. The van der Waals surface area contributed by atoms with Crippen molar-refractivity contribution >= 4 is 38.6 Å². The van der Waals surface area contributed by atoms with Crippen molar-refractivity contribution in [3.05, 3.63) is 317 Å². The molecule has 72 heavy (non-hydrogen) atoms. The Hall–Kier alpha value is -9.24. The third-order valence-corrected chi connectivity index (χ3v) is 16.0. The molecule has 15 rings (SSSR count). The summed E-state index contributed by atoms with van der Waals surface area (Å²) in [5.41, 5.74) is 19.4. The lowest BCUT2D eigenvalue weighted by Gasteiger charge is -2.40. The Bertz CT molecular complexity index is 4000. The van der Waals surface area contributed by atoms with Gasteiger partial charge in [-0.2, -0.15) is 0 Å². The minimum Gasteiger partial charge on any atom is -0.455 e. The van der Waals surface area contributed by atoms with Gasteiger partial charge in [-0.3, -0.25) is 0 Å². The molecule has 1 aliphatic heterocycles. The second-order valence-electron chi connectivity index (χ2n) is 19.4. The van der Waals surface area contributed by atoms with Gasteiger partial charge in [-0.1, -0.05) is 243 Å². The SMILES string of the molecule is c1ccc(N(c2ccc(-c3cccc4c3-c3ccccc3C43c4ccc5ccccc5c4Oc4c3ccc3ccccc43)cc2)c2cccc3c2C(c2ccccc2)(c2ccccc2)c2ccccc2-3)cc1. The lowest BCUT2D eigenvalue weighted by atomic mass is 9.65. The summed E-state index contributed by atoms with van der Waals surface area (Å²) in [5, 5.41) is 4.56. The van der Waals surface area contributed by atoms with E-state index < -0.39 is 10.8 Å².